The van der Waals surface area contributed by atoms with Crippen molar-refractivity contribution in [2.75, 3.05) is 5.73 Å². The first-order valence-electron chi connectivity index (χ1n) is 5.43. The summed E-state index contributed by atoms with van der Waals surface area (Å²) in [6.45, 7) is 1.90. The number of nitrogens with two attached hydrogens (primary N) is 1. The number of aromatic nitrogens is 1. The van der Waals surface area contributed by atoms with Crippen molar-refractivity contribution in [1.82, 2.24) is 4.98 Å². The van der Waals surface area contributed by atoms with Gasteiger partial charge in [0.05, 0.1) is 11.9 Å². The predicted octanol–water partition coefficient (Wildman–Crippen LogP) is 3.78. The van der Waals surface area contributed by atoms with Gasteiger partial charge in [-0.3, -0.25) is 0 Å². The number of rotatable bonds is 2. The molecule has 0 radical (unpaired) electrons. The van der Waals surface area contributed by atoms with Crippen LogP contribution in [0.5, 0.6) is 11.5 Å². The van der Waals surface area contributed by atoms with E-state index in [0.717, 1.165) is 17.8 Å². The summed E-state index contributed by atoms with van der Waals surface area (Å²) in [5.74, 6) is 0.350. The second kappa shape index (κ2) is 4.79. The zero-order chi connectivity index (χ0) is 14.0. The van der Waals surface area contributed by atoms with E-state index in [9.17, 15) is 13.2 Å². The molecule has 1 heterocycles. The number of aryl methyl sites for hydroxylation is 1. The molecule has 0 unspecified atom stereocenters. The highest BCUT2D eigenvalue weighted by atomic mass is 19.4. The molecule has 100 valence electrons. The summed E-state index contributed by atoms with van der Waals surface area (Å²) >= 11 is 0. The molecule has 1 aromatic carbocycles. The van der Waals surface area contributed by atoms with Crippen LogP contribution in [0.4, 0.5) is 18.9 Å². The molecule has 2 rings (SSSR count). The van der Waals surface area contributed by atoms with Gasteiger partial charge in [0, 0.05) is 6.07 Å². The van der Waals surface area contributed by atoms with Gasteiger partial charge in [0.15, 0.2) is 5.75 Å². The molecule has 0 saturated heterocycles. The molecule has 0 fully saturated rings. The number of alkyl halides is 3. The van der Waals surface area contributed by atoms with Crippen LogP contribution in [0.2, 0.25) is 0 Å². The lowest BCUT2D eigenvalue weighted by Gasteiger charge is -2.11. The number of pyridine rings is 1. The first-order valence-corrected chi connectivity index (χ1v) is 5.43. The largest absolute Gasteiger partial charge is 0.455 e. The Morgan fingerprint density at radius 3 is 2.37 bits per heavy atom. The maximum Gasteiger partial charge on any atom is 0.433 e. The molecule has 0 spiro atoms. The standard InChI is InChI=1S/C13H11F3N2O/c1-8-2-4-9(5-3-8)19-11-6-12(13(14,15)16)18-7-10(11)17/h2-7H,17H2,1H3. The normalized spacial score (nSPS) is 11.4. The Bertz CT molecular complexity index is 579. The fourth-order valence-electron chi connectivity index (χ4n) is 1.42. The molecule has 0 atom stereocenters. The van der Waals surface area contributed by atoms with Gasteiger partial charge in [-0.05, 0) is 19.1 Å². The summed E-state index contributed by atoms with van der Waals surface area (Å²) in [4.78, 5) is 3.24. The van der Waals surface area contributed by atoms with Crippen molar-refractivity contribution in [3.05, 3.63) is 47.8 Å². The first kappa shape index (κ1) is 13.2. The molecule has 0 aliphatic heterocycles. The summed E-state index contributed by atoms with van der Waals surface area (Å²) < 4.78 is 42.9. The van der Waals surface area contributed by atoms with Gasteiger partial charge in [0.25, 0.3) is 0 Å². The van der Waals surface area contributed by atoms with Crippen molar-refractivity contribution in [3.63, 3.8) is 0 Å². The monoisotopic (exact) mass is 268 g/mol. The maximum atomic E-state index is 12.5. The van der Waals surface area contributed by atoms with Crippen molar-refractivity contribution in [3.8, 4) is 11.5 Å². The second-order valence-corrected chi connectivity index (χ2v) is 4.02. The van der Waals surface area contributed by atoms with Gasteiger partial charge in [-0.2, -0.15) is 13.2 Å². The van der Waals surface area contributed by atoms with Crippen molar-refractivity contribution in [2.24, 2.45) is 0 Å². The van der Waals surface area contributed by atoms with Crippen molar-refractivity contribution >= 4 is 5.69 Å². The van der Waals surface area contributed by atoms with E-state index in [0.29, 0.717) is 5.75 Å². The molecular formula is C13H11F3N2O. The third-order valence-electron chi connectivity index (χ3n) is 2.43. The molecular weight excluding hydrogens is 257 g/mol. The minimum Gasteiger partial charge on any atom is -0.455 e. The lowest BCUT2D eigenvalue weighted by Crippen LogP contribution is -2.08. The minimum absolute atomic E-state index is 0.0496. The number of anilines is 1. The zero-order valence-electron chi connectivity index (χ0n) is 10.0. The van der Waals surface area contributed by atoms with E-state index in [1.807, 2.05) is 6.92 Å². The van der Waals surface area contributed by atoms with E-state index in [2.05, 4.69) is 4.98 Å². The van der Waals surface area contributed by atoms with Gasteiger partial charge in [-0.15, -0.1) is 0 Å². The van der Waals surface area contributed by atoms with Crippen molar-refractivity contribution in [1.29, 1.82) is 0 Å². The fraction of sp³-hybridized carbons (Fsp3) is 0.154. The van der Waals surface area contributed by atoms with E-state index < -0.39 is 11.9 Å². The number of nitrogen functional groups attached to an aromatic ring is 1. The number of hydrogen-bond donors (Lipinski definition) is 1. The molecule has 0 aliphatic carbocycles. The zero-order valence-corrected chi connectivity index (χ0v) is 10.0. The van der Waals surface area contributed by atoms with Gasteiger partial charge >= 0.3 is 6.18 Å². The van der Waals surface area contributed by atoms with Crippen molar-refractivity contribution in [2.45, 2.75) is 13.1 Å². The highest BCUT2D eigenvalue weighted by molar-refractivity contribution is 5.53. The second-order valence-electron chi connectivity index (χ2n) is 4.02. The number of ether oxygens (including phenoxy) is 1. The summed E-state index contributed by atoms with van der Waals surface area (Å²) in [5.41, 5.74) is 5.59. The predicted molar refractivity (Wildman–Crippen MR) is 64.9 cm³/mol. The van der Waals surface area contributed by atoms with Crippen LogP contribution in [0.15, 0.2) is 36.5 Å². The third kappa shape index (κ3) is 3.15. The van der Waals surface area contributed by atoms with Crippen LogP contribution in [-0.4, -0.2) is 4.98 Å². The smallest absolute Gasteiger partial charge is 0.433 e. The summed E-state index contributed by atoms with van der Waals surface area (Å²) in [5, 5.41) is 0. The van der Waals surface area contributed by atoms with Crippen LogP contribution in [0.1, 0.15) is 11.3 Å². The summed E-state index contributed by atoms with van der Waals surface area (Å²) in [7, 11) is 0. The van der Waals surface area contributed by atoms with Gasteiger partial charge < -0.3 is 10.5 Å². The first-order chi connectivity index (χ1) is 8.86. The lowest BCUT2D eigenvalue weighted by molar-refractivity contribution is -0.141. The number of halogens is 3. The molecule has 2 aromatic rings. The van der Waals surface area contributed by atoms with Gasteiger partial charge in [-0.1, -0.05) is 17.7 Å². The number of nitrogens with zero attached hydrogens (tertiary/aromatic N) is 1. The number of benzene rings is 1. The van der Waals surface area contributed by atoms with E-state index >= 15 is 0 Å². The Hall–Kier alpha value is -2.24. The average Bonchev–Trinajstić information content (AvgIpc) is 2.33. The quantitative estimate of drug-likeness (QED) is 0.901. The van der Waals surface area contributed by atoms with Crippen LogP contribution in [0.25, 0.3) is 0 Å². The SMILES string of the molecule is Cc1ccc(Oc2cc(C(F)(F)F)ncc2N)cc1. The maximum absolute atomic E-state index is 12.5. The van der Waals surface area contributed by atoms with Gasteiger partial charge in [-0.25, -0.2) is 4.98 Å². The van der Waals surface area contributed by atoms with Crippen LogP contribution in [0, 0.1) is 6.92 Å². The summed E-state index contributed by atoms with van der Waals surface area (Å²) in [6, 6.07) is 7.68. The van der Waals surface area contributed by atoms with Crippen LogP contribution < -0.4 is 10.5 Å². The molecule has 0 saturated carbocycles. The molecule has 2 N–H and O–H groups in total. The fourth-order valence-corrected chi connectivity index (χ4v) is 1.42. The van der Waals surface area contributed by atoms with Crippen molar-refractivity contribution < 1.29 is 17.9 Å². The van der Waals surface area contributed by atoms with E-state index in [4.69, 9.17) is 10.5 Å². The highest BCUT2D eigenvalue weighted by Gasteiger charge is 2.33. The Morgan fingerprint density at radius 1 is 1.16 bits per heavy atom. The van der Waals surface area contributed by atoms with Crippen LogP contribution >= 0.6 is 0 Å². The highest BCUT2D eigenvalue weighted by Crippen LogP contribution is 2.34. The van der Waals surface area contributed by atoms with E-state index in [1.54, 1.807) is 24.3 Å². The molecule has 0 bridgehead atoms. The van der Waals surface area contributed by atoms with E-state index in [1.165, 1.54) is 0 Å². The number of hydrogen-bond acceptors (Lipinski definition) is 3. The van der Waals surface area contributed by atoms with Gasteiger partial charge in [0.2, 0.25) is 0 Å². The Morgan fingerprint density at radius 2 is 1.79 bits per heavy atom. The average molecular weight is 268 g/mol. The Kier molecular flexibility index (Phi) is 3.33. The van der Waals surface area contributed by atoms with E-state index in [-0.39, 0.29) is 11.4 Å². The molecule has 1 aromatic heterocycles. The molecule has 3 nitrogen and oxygen atoms in total. The van der Waals surface area contributed by atoms with Gasteiger partial charge in [0.1, 0.15) is 11.4 Å². The molecule has 0 amide bonds. The minimum atomic E-state index is -4.53. The topological polar surface area (TPSA) is 48.1 Å². The Labute approximate surface area is 107 Å². The van der Waals surface area contributed by atoms with Crippen LogP contribution in [0.3, 0.4) is 0 Å². The molecule has 19 heavy (non-hydrogen) atoms. The third-order valence-corrected chi connectivity index (χ3v) is 2.43. The summed E-state index contributed by atoms with van der Waals surface area (Å²) in [6.07, 6.45) is -3.59. The molecule has 6 heteroatoms. The molecule has 0 aliphatic rings. The van der Waals surface area contributed by atoms with Crippen LogP contribution in [-0.2, 0) is 6.18 Å². The lowest BCUT2D eigenvalue weighted by atomic mass is 10.2. The Balaban J connectivity index is 2.31.